The zero-order valence-electron chi connectivity index (χ0n) is 13.2. The first-order chi connectivity index (χ1) is 11.6. The Balaban J connectivity index is 1.67. The van der Waals surface area contributed by atoms with E-state index in [0.29, 0.717) is 11.3 Å². The molecule has 3 nitrogen and oxygen atoms in total. The van der Waals surface area contributed by atoms with Crippen LogP contribution in [-0.2, 0) is 0 Å². The zero-order valence-corrected chi connectivity index (χ0v) is 13.2. The lowest BCUT2D eigenvalue weighted by molar-refractivity contribution is 0.102. The van der Waals surface area contributed by atoms with E-state index in [9.17, 15) is 9.18 Å². The lowest BCUT2D eigenvalue weighted by Crippen LogP contribution is -2.13. The van der Waals surface area contributed by atoms with Gasteiger partial charge >= 0.3 is 0 Å². The summed E-state index contributed by atoms with van der Waals surface area (Å²) >= 11 is 0. The summed E-state index contributed by atoms with van der Waals surface area (Å²) in [5.41, 5.74) is 3.96. The van der Waals surface area contributed by atoms with Gasteiger partial charge in [-0.05, 0) is 67.1 Å². The molecule has 0 radical (unpaired) electrons. The summed E-state index contributed by atoms with van der Waals surface area (Å²) in [6, 6.07) is 21.0. The minimum Gasteiger partial charge on any atom is -0.356 e. The van der Waals surface area contributed by atoms with Crippen LogP contribution in [0.1, 0.15) is 15.9 Å². The molecule has 0 aromatic heterocycles. The SMILES string of the molecule is Cc1ccccc1C(=O)Nc1ccc(Nc2ccc(F)cc2)cc1. The van der Waals surface area contributed by atoms with Gasteiger partial charge < -0.3 is 10.6 Å². The molecule has 1 amide bonds. The number of nitrogens with one attached hydrogen (secondary N) is 2. The van der Waals surface area contributed by atoms with Crippen molar-refractivity contribution in [2.75, 3.05) is 10.6 Å². The fraction of sp³-hybridized carbons (Fsp3) is 0.0500. The Kier molecular flexibility index (Phi) is 4.57. The molecule has 0 aliphatic rings. The van der Waals surface area contributed by atoms with Gasteiger partial charge in [0.2, 0.25) is 0 Å². The smallest absolute Gasteiger partial charge is 0.255 e. The number of carbonyl (C=O) groups is 1. The Bertz CT molecular complexity index is 842. The van der Waals surface area contributed by atoms with Crippen molar-refractivity contribution in [1.29, 1.82) is 0 Å². The Morgan fingerprint density at radius 1 is 0.792 bits per heavy atom. The zero-order chi connectivity index (χ0) is 16.9. The Labute approximate surface area is 140 Å². The molecule has 0 atom stereocenters. The first-order valence-electron chi connectivity index (χ1n) is 7.61. The van der Waals surface area contributed by atoms with Crippen LogP contribution in [0.25, 0.3) is 0 Å². The van der Waals surface area contributed by atoms with Gasteiger partial charge in [-0.25, -0.2) is 4.39 Å². The van der Waals surface area contributed by atoms with Crippen LogP contribution < -0.4 is 10.6 Å². The number of hydrogen-bond donors (Lipinski definition) is 2. The Morgan fingerprint density at radius 3 is 1.96 bits per heavy atom. The highest BCUT2D eigenvalue weighted by atomic mass is 19.1. The van der Waals surface area contributed by atoms with Crippen molar-refractivity contribution < 1.29 is 9.18 Å². The molecule has 0 aliphatic heterocycles. The van der Waals surface area contributed by atoms with Crippen molar-refractivity contribution in [3.05, 3.63) is 89.7 Å². The summed E-state index contributed by atoms with van der Waals surface area (Å²) in [5, 5.41) is 6.05. The van der Waals surface area contributed by atoms with E-state index in [-0.39, 0.29) is 11.7 Å². The minimum atomic E-state index is -0.269. The Morgan fingerprint density at radius 2 is 1.33 bits per heavy atom. The van der Waals surface area contributed by atoms with Crippen molar-refractivity contribution in [2.45, 2.75) is 6.92 Å². The second-order valence-electron chi connectivity index (χ2n) is 5.48. The quantitative estimate of drug-likeness (QED) is 0.699. The summed E-state index contributed by atoms with van der Waals surface area (Å²) in [5.74, 6) is -0.401. The van der Waals surface area contributed by atoms with Gasteiger partial charge in [0.15, 0.2) is 0 Å². The van der Waals surface area contributed by atoms with Gasteiger partial charge in [0.1, 0.15) is 5.82 Å². The van der Waals surface area contributed by atoms with Gasteiger partial charge in [-0.3, -0.25) is 4.79 Å². The van der Waals surface area contributed by atoms with E-state index >= 15 is 0 Å². The van der Waals surface area contributed by atoms with Crippen LogP contribution >= 0.6 is 0 Å². The van der Waals surface area contributed by atoms with Crippen molar-refractivity contribution in [3.63, 3.8) is 0 Å². The van der Waals surface area contributed by atoms with Crippen LogP contribution in [0, 0.1) is 12.7 Å². The molecule has 0 fully saturated rings. The molecule has 0 aliphatic carbocycles. The average Bonchev–Trinajstić information content (AvgIpc) is 2.59. The number of halogens is 1. The molecule has 3 rings (SSSR count). The third-order valence-corrected chi connectivity index (χ3v) is 3.67. The first-order valence-corrected chi connectivity index (χ1v) is 7.61. The van der Waals surface area contributed by atoms with Crippen molar-refractivity contribution in [1.82, 2.24) is 0 Å². The second-order valence-corrected chi connectivity index (χ2v) is 5.48. The van der Waals surface area contributed by atoms with E-state index in [0.717, 1.165) is 16.9 Å². The number of amides is 1. The summed E-state index contributed by atoms with van der Waals surface area (Å²) in [7, 11) is 0. The number of hydrogen-bond acceptors (Lipinski definition) is 2. The third kappa shape index (κ3) is 3.79. The second kappa shape index (κ2) is 6.96. The fourth-order valence-corrected chi connectivity index (χ4v) is 2.36. The van der Waals surface area contributed by atoms with Crippen molar-refractivity contribution in [2.24, 2.45) is 0 Å². The molecule has 0 spiro atoms. The molecule has 24 heavy (non-hydrogen) atoms. The van der Waals surface area contributed by atoms with Crippen LogP contribution in [0.15, 0.2) is 72.8 Å². The molecule has 3 aromatic rings. The molecule has 4 heteroatoms. The van der Waals surface area contributed by atoms with Crippen LogP contribution in [-0.4, -0.2) is 5.91 Å². The van der Waals surface area contributed by atoms with Crippen LogP contribution in [0.3, 0.4) is 0 Å². The maximum atomic E-state index is 12.9. The largest absolute Gasteiger partial charge is 0.356 e. The van der Waals surface area contributed by atoms with E-state index in [2.05, 4.69) is 10.6 Å². The summed E-state index contributed by atoms with van der Waals surface area (Å²) < 4.78 is 12.9. The lowest BCUT2D eigenvalue weighted by Gasteiger charge is -2.10. The van der Waals surface area contributed by atoms with Crippen molar-refractivity contribution >= 4 is 23.0 Å². The van der Waals surface area contributed by atoms with Gasteiger partial charge in [-0.1, -0.05) is 18.2 Å². The molecular formula is C20H17FN2O. The lowest BCUT2D eigenvalue weighted by atomic mass is 10.1. The summed E-state index contributed by atoms with van der Waals surface area (Å²) in [6.45, 7) is 1.91. The van der Waals surface area contributed by atoms with E-state index in [4.69, 9.17) is 0 Å². The molecule has 0 saturated heterocycles. The number of aryl methyl sites for hydroxylation is 1. The summed E-state index contributed by atoms with van der Waals surface area (Å²) in [4.78, 5) is 12.3. The maximum absolute atomic E-state index is 12.9. The predicted octanol–water partition coefficient (Wildman–Crippen LogP) is 5.13. The Hall–Kier alpha value is -3.14. The number of carbonyl (C=O) groups excluding carboxylic acids is 1. The maximum Gasteiger partial charge on any atom is 0.255 e. The van der Waals surface area contributed by atoms with Gasteiger partial charge in [0.05, 0.1) is 0 Å². The van der Waals surface area contributed by atoms with Crippen LogP contribution in [0.2, 0.25) is 0 Å². The third-order valence-electron chi connectivity index (χ3n) is 3.67. The van der Waals surface area contributed by atoms with Crippen LogP contribution in [0.5, 0.6) is 0 Å². The highest BCUT2D eigenvalue weighted by molar-refractivity contribution is 6.05. The standard InChI is InChI=1S/C20H17FN2O/c1-14-4-2-3-5-19(14)20(24)23-18-12-10-17(11-13-18)22-16-8-6-15(21)7-9-16/h2-13,22H,1H3,(H,23,24). The van der Waals surface area contributed by atoms with E-state index in [1.807, 2.05) is 49.4 Å². The van der Waals surface area contributed by atoms with E-state index in [1.54, 1.807) is 18.2 Å². The number of rotatable bonds is 4. The molecule has 3 aromatic carbocycles. The predicted molar refractivity (Wildman–Crippen MR) is 95.3 cm³/mol. The van der Waals surface area contributed by atoms with Crippen LogP contribution in [0.4, 0.5) is 21.5 Å². The molecule has 2 N–H and O–H groups in total. The highest BCUT2D eigenvalue weighted by Crippen LogP contribution is 2.20. The normalized spacial score (nSPS) is 10.2. The monoisotopic (exact) mass is 320 g/mol. The van der Waals surface area contributed by atoms with Gasteiger partial charge in [-0.15, -0.1) is 0 Å². The molecule has 0 heterocycles. The fourth-order valence-electron chi connectivity index (χ4n) is 2.36. The van der Waals surface area contributed by atoms with E-state index < -0.39 is 0 Å². The minimum absolute atomic E-state index is 0.132. The number of anilines is 3. The summed E-state index contributed by atoms with van der Waals surface area (Å²) in [6.07, 6.45) is 0. The first kappa shape index (κ1) is 15.7. The molecule has 120 valence electrons. The molecule has 0 unspecified atom stereocenters. The van der Waals surface area contributed by atoms with Crippen molar-refractivity contribution in [3.8, 4) is 0 Å². The van der Waals surface area contributed by atoms with E-state index in [1.165, 1.54) is 12.1 Å². The molecule has 0 bridgehead atoms. The highest BCUT2D eigenvalue weighted by Gasteiger charge is 2.08. The topological polar surface area (TPSA) is 41.1 Å². The van der Waals surface area contributed by atoms with Gasteiger partial charge in [0, 0.05) is 22.6 Å². The number of benzene rings is 3. The average molecular weight is 320 g/mol. The molecular weight excluding hydrogens is 303 g/mol. The van der Waals surface area contributed by atoms with Gasteiger partial charge in [0.25, 0.3) is 5.91 Å². The molecule has 0 saturated carbocycles. The van der Waals surface area contributed by atoms with Gasteiger partial charge in [-0.2, -0.15) is 0 Å².